The molecular weight excluding hydrogens is 390 g/mol. The van der Waals surface area contributed by atoms with Crippen LogP contribution in [0.15, 0.2) is 50.8 Å². The second-order valence-corrected chi connectivity index (χ2v) is 13.6. The molecule has 0 nitrogen and oxygen atoms in total. The third-order valence-corrected chi connectivity index (χ3v) is 13.1. The van der Waals surface area contributed by atoms with Crippen molar-refractivity contribution in [3.05, 3.63) is 62.0 Å². The van der Waals surface area contributed by atoms with Crippen LogP contribution in [0.4, 0.5) is 0 Å². The molecule has 3 heteroatoms. The normalized spacial score (nSPS) is 18.4. The molecule has 3 rings (SSSR count). The molecule has 1 aromatic rings. The smallest absolute Gasteiger partial charge is 0.147 e. The monoisotopic (exact) mass is 412 g/mol. The first kappa shape index (κ1) is 19.8. The van der Waals surface area contributed by atoms with Crippen molar-refractivity contribution in [3.63, 3.8) is 0 Å². The van der Waals surface area contributed by atoms with E-state index >= 15 is 0 Å². The van der Waals surface area contributed by atoms with Crippen LogP contribution in [0.5, 0.6) is 0 Å². The van der Waals surface area contributed by atoms with Crippen LogP contribution < -0.4 is 0 Å². The number of hydrogen-bond acceptors (Lipinski definition) is 0. The van der Waals surface area contributed by atoms with Gasteiger partial charge in [-0.2, -0.15) is 0 Å². The quantitative estimate of drug-likeness (QED) is 0.552. The summed E-state index contributed by atoms with van der Waals surface area (Å²) in [5.74, 6) is 0. The Morgan fingerprint density at radius 1 is 1.09 bits per heavy atom. The van der Waals surface area contributed by atoms with Crippen molar-refractivity contribution in [2.45, 2.75) is 37.7 Å². The zero-order chi connectivity index (χ0) is 14.3. The van der Waals surface area contributed by atoms with Crippen LogP contribution >= 0.6 is 24.8 Å². The summed E-state index contributed by atoms with van der Waals surface area (Å²) in [6, 6.07) is 8.96. The van der Waals surface area contributed by atoms with Crippen LogP contribution in [0.2, 0.25) is 0 Å². The Hall–Kier alpha value is -0.227. The summed E-state index contributed by atoms with van der Waals surface area (Å²) >= 11 is -1.77. The van der Waals surface area contributed by atoms with Crippen LogP contribution in [-0.4, -0.2) is 3.21 Å². The van der Waals surface area contributed by atoms with E-state index in [1.54, 1.807) is 14.3 Å². The molecule has 0 radical (unpaired) electrons. The molecule has 0 amide bonds. The van der Waals surface area contributed by atoms with Crippen molar-refractivity contribution < 1.29 is 21.3 Å². The predicted octanol–water partition coefficient (Wildman–Crippen LogP) is 6.05. The maximum atomic E-state index is 2.49. The van der Waals surface area contributed by atoms with Crippen LogP contribution in [0.1, 0.15) is 48.9 Å². The molecule has 0 saturated heterocycles. The summed E-state index contributed by atoms with van der Waals surface area (Å²) in [7, 11) is 0. The summed E-state index contributed by atoms with van der Waals surface area (Å²) in [6.45, 7) is 9.35. The summed E-state index contributed by atoms with van der Waals surface area (Å²) in [6.07, 6.45) is 8.47. The maximum absolute atomic E-state index is 2.49. The molecule has 2 aliphatic rings. The van der Waals surface area contributed by atoms with E-state index in [0.717, 1.165) is 0 Å². The minimum absolute atomic E-state index is 0. The molecule has 0 saturated carbocycles. The third kappa shape index (κ3) is 3.48. The SMILES string of the molecule is CC1=CC[C]([Zr](=[C](C)C)[CH]2C=Cc3ccccc32)=C1C.Cl.Cl. The van der Waals surface area contributed by atoms with Gasteiger partial charge in [0.25, 0.3) is 0 Å². The predicted molar refractivity (Wildman–Crippen MR) is 100 cm³/mol. The first-order chi connectivity index (χ1) is 9.59. The molecule has 0 bridgehead atoms. The van der Waals surface area contributed by atoms with Gasteiger partial charge >= 0.3 is 130 Å². The van der Waals surface area contributed by atoms with E-state index in [1.165, 1.54) is 17.6 Å². The number of rotatable bonds is 2. The molecule has 1 aromatic carbocycles. The van der Waals surface area contributed by atoms with Gasteiger partial charge in [-0.3, -0.25) is 0 Å². The van der Waals surface area contributed by atoms with Crippen molar-refractivity contribution in [3.8, 4) is 0 Å². The first-order valence-electron chi connectivity index (χ1n) is 7.41. The van der Waals surface area contributed by atoms with Crippen molar-refractivity contribution >= 4 is 34.1 Å². The zero-order valence-corrected chi connectivity index (χ0v) is 17.7. The molecular formula is C19H24Cl2Zr. The molecule has 22 heavy (non-hydrogen) atoms. The Balaban J connectivity index is 0.00000121. The summed E-state index contributed by atoms with van der Waals surface area (Å²) in [5, 5.41) is 0. The maximum Gasteiger partial charge on any atom is -0.147 e. The summed E-state index contributed by atoms with van der Waals surface area (Å²) < 4.78 is 4.25. The summed E-state index contributed by atoms with van der Waals surface area (Å²) in [5.41, 5.74) is 6.12. The minimum atomic E-state index is -1.77. The molecule has 118 valence electrons. The van der Waals surface area contributed by atoms with E-state index in [-0.39, 0.29) is 24.8 Å². The summed E-state index contributed by atoms with van der Waals surface area (Å²) in [4.78, 5) is 0. The van der Waals surface area contributed by atoms with Gasteiger partial charge in [0, 0.05) is 0 Å². The Bertz CT molecular complexity index is 689. The number of fused-ring (bicyclic) bond motifs is 1. The molecule has 0 heterocycles. The second-order valence-electron chi connectivity index (χ2n) is 6.07. The number of hydrogen-bond donors (Lipinski definition) is 0. The fraction of sp³-hybridized carbons (Fsp3) is 0.316. The molecule has 2 aliphatic carbocycles. The van der Waals surface area contributed by atoms with Gasteiger partial charge in [0.05, 0.1) is 0 Å². The van der Waals surface area contributed by atoms with E-state index in [1.807, 2.05) is 3.28 Å². The first-order valence-corrected chi connectivity index (χ1v) is 11.3. The van der Waals surface area contributed by atoms with E-state index in [4.69, 9.17) is 0 Å². The number of halogens is 2. The van der Waals surface area contributed by atoms with Crippen LogP contribution in [0.3, 0.4) is 0 Å². The van der Waals surface area contributed by atoms with Gasteiger partial charge in [0.15, 0.2) is 0 Å². The second kappa shape index (κ2) is 8.05. The van der Waals surface area contributed by atoms with Crippen LogP contribution in [0, 0.1) is 0 Å². The molecule has 0 spiro atoms. The number of benzene rings is 1. The Labute approximate surface area is 154 Å². The standard InChI is InChI=1S/C9H7.C7H9.C3H6.2ClH.Zr/c1-2-5-9-7-3-6-8(9)4-1;1-6-4-3-5-7(6)2;1-3-2;;;/h1-7H;4H,3H2,1-2H3;1-2H3;2*1H;. The van der Waals surface area contributed by atoms with Crippen molar-refractivity contribution in [2.75, 3.05) is 0 Å². The molecule has 0 aromatic heterocycles. The Kier molecular flexibility index (Phi) is 7.25. The van der Waals surface area contributed by atoms with Gasteiger partial charge in [-0.15, -0.1) is 24.8 Å². The van der Waals surface area contributed by atoms with Gasteiger partial charge in [0.2, 0.25) is 0 Å². The van der Waals surface area contributed by atoms with E-state index in [9.17, 15) is 0 Å². The third-order valence-electron chi connectivity index (χ3n) is 4.63. The van der Waals surface area contributed by atoms with E-state index in [2.05, 4.69) is 70.2 Å². The Morgan fingerprint density at radius 3 is 2.36 bits per heavy atom. The van der Waals surface area contributed by atoms with E-state index < -0.39 is 21.3 Å². The number of allylic oxidation sites excluding steroid dienone is 5. The molecule has 1 unspecified atom stereocenters. The molecule has 1 atom stereocenters. The minimum Gasteiger partial charge on any atom is -0.147 e. The van der Waals surface area contributed by atoms with Crippen LogP contribution in [-0.2, 0) is 21.3 Å². The topological polar surface area (TPSA) is 0 Å². The largest absolute Gasteiger partial charge is 0.147 e. The van der Waals surface area contributed by atoms with Gasteiger partial charge in [-0.1, -0.05) is 0 Å². The van der Waals surface area contributed by atoms with E-state index in [0.29, 0.717) is 3.63 Å². The van der Waals surface area contributed by atoms with Gasteiger partial charge in [0.1, 0.15) is 0 Å². The van der Waals surface area contributed by atoms with Gasteiger partial charge in [-0.25, -0.2) is 0 Å². The zero-order valence-electron chi connectivity index (χ0n) is 13.6. The van der Waals surface area contributed by atoms with Gasteiger partial charge in [-0.05, 0) is 0 Å². The molecule has 0 N–H and O–H groups in total. The van der Waals surface area contributed by atoms with Crippen molar-refractivity contribution in [1.29, 1.82) is 0 Å². The van der Waals surface area contributed by atoms with Crippen molar-refractivity contribution in [2.24, 2.45) is 0 Å². The fourth-order valence-corrected chi connectivity index (χ4v) is 11.7. The van der Waals surface area contributed by atoms with Gasteiger partial charge < -0.3 is 0 Å². The Morgan fingerprint density at radius 2 is 1.77 bits per heavy atom. The average Bonchev–Trinajstić information content (AvgIpc) is 2.98. The van der Waals surface area contributed by atoms with Crippen LogP contribution in [0.25, 0.3) is 6.08 Å². The molecule has 0 aliphatic heterocycles. The van der Waals surface area contributed by atoms with Crippen molar-refractivity contribution in [1.82, 2.24) is 0 Å². The molecule has 0 fully saturated rings. The average molecular weight is 415 g/mol. The fourth-order valence-electron chi connectivity index (χ4n) is 3.41.